The zero-order valence-corrected chi connectivity index (χ0v) is 28.0. The highest BCUT2D eigenvalue weighted by atomic mass is 32.1. The average molecular weight is 661 g/mol. The largest absolute Gasteiger partial charge is 0.446 e. The fraction of sp³-hybridized carbons (Fsp3) is 0.424. The smallest absolute Gasteiger partial charge is 0.273 e. The zero-order valence-electron chi connectivity index (χ0n) is 27.2. The molecule has 1 aromatic carbocycles. The molecule has 0 aliphatic carbocycles. The van der Waals surface area contributed by atoms with Crippen molar-refractivity contribution in [1.82, 2.24) is 40.6 Å². The molecular weight excluding hydrogens is 620 g/mol. The van der Waals surface area contributed by atoms with Crippen LogP contribution in [0.1, 0.15) is 86.7 Å². The Hall–Kier alpha value is -4.85. The Morgan fingerprint density at radius 2 is 1.83 bits per heavy atom. The number of nitrogens with one attached hydrogen (secondary N) is 3. The van der Waals surface area contributed by atoms with Gasteiger partial charge in [0.15, 0.2) is 5.69 Å². The van der Waals surface area contributed by atoms with Crippen molar-refractivity contribution in [3.8, 4) is 0 Å². The summed E-state index contributed by atoms with van der Waals surface area (Å²) in [6.45, 7) is 7.74. The van der Waals surface area contributed by atoms with Crippen LogP contribution in [-0.4, -0.2) is 67.9 Å². The van der Waals surface area contributed by atoms with E-state index in [-0.39, 0.29) is 61.1 Å². The van der Waals surface area contributed by atoms with E-state index in [1.807, 2.05) is 65.1 Å². The minimum Gasteiger partial charge on any atom is -0.446 e. The summed E-state index contributed by atoms with van der Waals surface area (Å²) in [5, 5.41) is 15.4. The summed E-state index contributed by atoms with van der Waals surface area (Å²) >= 11 is 1.27. The van der Waals surface area contributed by atoms with Crippen LogP contribution in [-0.2, 0) is 29.5 Å². The first-order valence-corrected chi connectivity index (χ1v) is 16.5. The van der Waals surface area contributed by atoms with Crippen LogP contribution in [0.5, 0.6) is 0 Å². The normalized spacial score (nSPS) is 17.9. The highest BCUT2D eigenvalue weighted by Gasteiger charge is 2.28. The van der Waals surface area contributed by atoms with Gasteiger partial charge < -0.3 is 25.3 Å². The summed E-state index contributed by atoms with van der Waals surface area (Å²) in [4.78, 5) is 63.9. The Kier molecular flexibility index (Phi) is 10.5. The number of rotatable bonds is 6. The monoisotopic (exact) mass is 660 g/mol. The molecule has 4 bridgehead atoms. The molecular formula is C33H40N8O5S. The van der Waals surface area contributed by atoms with Gasteiger partial charge in [0.2, 0.25) is 17.7 Å². The quantitative estimate of drug-likeness (QED) is 0.284. The van der Waals surface area contributed by atoms with Gasteiger partial charge in [0.05, 0.1) is 18.3 Å². The van der Waals surface area contributed by atoms with Crippen molar-refractivity contribution < 1.29 is 23.6 Å². The third-order valence-corrected chi connectivity index (χ3v) is 9.17. The summed E-state index contributed by atoms with van der Waals surface area (Å²) in [5.41, 5.74) is 3.99. The number of amides is 4. The molecule has 1 aliphatic rings. The number of oxazole rings is 1. The van der Waals surface area contributed by atoms with Crippen molar-refractivity contribution in [2.45, 2.75) is 59.0 Å². The number of carbonyl (C=O) groups is 4. The average Bonchev–Trinajstić information content (AvgIpc) is 3.78. The maximum Gasteiger partial charge on any atom is 0.273 e. The molecule has 0 saturated carbocycles. The summed E-state index contributed by atoms with van der Waals surface area (Å²) in [6, 6.07) is 8.38. The van der Waals surface area contributed by atoms with Gasteiger partial charge in [0, 0.05) is 44.1 Å². The van der Waals surface area contributed by atoms with E-state index in [4.69, 9.17) is 4.42 Å². The molecule has 248 valence electrons. The lowest BCUT2D eigenvalue weighted by Crippen LogP contribution is -2.45. The standard InChI is InChI=1S/C33H40N8O5S/c1-19(2)29-33-37-26(18-47-33)31(45)35-24(15-22-9-7-6-8-10-22)32-36-25(17-46-32)30(44)34-13-14-41(16-27(42)38-29)28(43)12-11-23-20(3)39-40(5)21(23)4/h6-10,17-19,24,29H,11-16H2,1-5H3,(H,34,44)(H,35,45)(H,38,42)/t24-,29-/m0/s1. The van der Waals surface area contributed by atoms with Crippen molar-refractivity contribution in [2.75, 3.05) is 19.6 Å². The number of aryl methyl sites for hydroxylation is 2. The first-order chi connectivity index (χ1) is 22.5. The van der Waals surface area contributed by atoms with E-state index < -0.39 is 23.9 Å². The number of aromatic nitrogens is 4. The number of benzene rings is 1. The third kappa shape index (κ3) is 8.12. The number of hydrogen-bond donors (Lipinski definition) is 3. The van der Waals surface area contributed by atoms with Gasteiger partial charge in [-0.3, -0.25) is 23.9 Å². The fourth-order valence-electron chi connectivity index (χ4n) is 5.53. The molecule has 0 radical (unpaired) electrons. The van der Waals surface area contributed by atoms with Crippen molar-refractivity contribution >= 4 is 35.0 Å². The van der Waals surface area contributed by atoms with E-state index in [1.54, 1.807) is 10.1 Å². The number of hydrogen-bond acceptors (Lipinski definition) is 9. The maximum atomic E-state index is 13.5. The Balaban J connectivity index is 1.41. The van der Waals surface area contributed by atoms with Crippen LogP contribution in [0.15, 0.2) is 46.4 Å². The van der Waals surface area contributed by atoms with E-state index in [9.17, 15) is 19.2 Å². The first kappa shape index (κ1) is 33.5. The molecule has 5 rings (SSSR count). The Morgan fingerprint density at radius 3 is 2.53 bits per heavy atom. The van der Waals surface area contributed by atoms with Crippen LogP contribution in [0.3, 0.4) is 0 Å². The molecule has 13 nitrogen and oxygen atoms in total. The predicted molar refractivity (Wildman–Crippen MR) is 175 cm³/mol. The van der Waals surface area contributed by atoms with Crippen LogP contribution in [0.4, 0.5) is 0 Å². The molecule has 47 heavy (non-hydrogen) atoms. The first-order valence-electron chi connectivity index (χ1n) is 15.6. The summed E-state index contributed by atoms with van der Waals surface area (Å²) in [5.74, 6) is -1.43. The molecule has 1 aliphatic heterocycles. The van der Waals surface area contributed by atoms with Crippen LogP contribution in [0, 0.1) is 19.8 Å². The maximum absolute atomic E-state index is 13.5. The van der Waals surface area contributed by atoms with E-state index in [0.717, 1.165) is 22.5 Å². The van der Waals surface area contributed by atoms with E-state index in [2.05, 4.69) is 31.0 Å². The Bertz CT molecular complexity index is 1740. The topological polar surface area (TPSA) is 164 Å². The van der Waals surface area contributed by atoms with Gasteiger partial charge in [0.1, 0.15) is 23.0 Å². The SMILES string of the molecule is Cc1nn(C)c(C)c1CCC(=O)N1CCNC(=O)c2coc(n2)[C@H](Cc2ccccc2)NC(=O)c2csc(n2)[C@H](C(C)C)NC(=O)C1. The lowest BCUT2D eigenvalue weighted by Gasteiger charge is -2.25. The molecule has 3 aromatic heterocycles. The van der Waals surface area contributed by atoms with Gasteiger partial charge >= 0.3 is 0 Å². The second-order valence-electron chi connectivity index (χ2n) is 12.0. The molecule has 4 amide bonds. The molecule has 14 heteroatoms. The van der Waals surface area contributed by atoms with Gasteiger partial charge in [0.25, 0.3) is 11.8 Å². The summed E-state index contributed by atoms with van der Waals surface area (Å²) in [6.07, 6.45) is 2.25. The van der Waals surface area contributed by atoms with E-state index in [0.29, 0.717) is 17.8 Å². The van der Waals surface area contributed by atoms with Gasteiger partial charge in [-0.15, -0.1) is 11.3 Å². The number of carbonyl (C=O) groups excluding carboxylic acids is 4. The van der Waals surface area contributed by atoms with Gasteiger partial charge in [-0.2, -0.15) is 5.10 Å². The molecule has 0 saturated heterocycles. The highest BCUT2D eigenvalue weighted by Crippen LogP contribution is 2.26. The van der Waals surface area contributed by atoms with E-state index in [1.165, 1.54) is 22.5 Å². The molecule has 2 atom stereocenters. The van der Waals surface area contributed by atoms with Crippen molar-refractivity contribution in [3.05, 3.63) is 86.8 Å². The van der Waals surface area contributed by atoms with Crippen LogP contribution in [0.2, 0.25) is 0 Å². The van der Waals surface area contributed by atoms with Crippen molar-refractivity contribution in [1.29, 1.82) is 0 Å². The Labute approximate surface area is 277 Å². The van der Waals surface area contributed by atoms with Crippen molar-refractivity contribution in [3.63, 3.8) is 0 Å². The molecule has 4 heterocycles. The number of thiazole rings is 1. The predicted octanol–water partition coefficient (Wildman–Crippen LogP) is 3.21. The van der Waals surface area contributed by atoms with Gasteiger partial charge in [-0.1, -0.05) is 44.2 Å². The van der Waals surface area contributed by atoms with Gasteiger partial charge in [-0.25, -0.2) is 9.97 Å². The van der Waals surface area contributed by atoms with E-state index >= 15 is 0 Å². The minimum absolute atomic E-state index is 0.0299. The Morgan fingerprint density at radius 1 is 1.06 bits per heavy atom. The van der Waals surface area contributed by atoms with Crippen LogP contribution >= 0.6 is 11.3 Å². The van der Waals surface area contributed by atoms with Crippen molar-refractivity contribution in [2.24, 2.45) is 13.0 Å². The highest BCUT2D eigenvalue weighted by molar-refractivity contribution is 7.09. The fourth-order valence-corrected chi connectivity index (χ4v) is 6.55. The van der Waals surface area contributed by atoms with Crippen LogP contribution < -0.4 is 16.0 Å². The second kappa shape index (κ2) is 14.7. The number of nitrogens with zero attached hydrogens (tertiary/aromatic N) is 5. The van der Waals surface area contributed by atoms with Gasteiger partial charge in [-0.05, 0) is 37.3 Å². The molecule has 4 aromatic rings. The molecule has 3 N–H and O–H groups in total. The molecule has 0 unspecified atom stereocenters. The minimum atomic E-state index is -0.684. The van der Waals surface area contributed by atoms with Crippen LogP contribution in [0.25, 0.3) is 0 Å². The second-order valence-corrected chi connectivity index (χ2v) is 12.9. The summed E-state index contributed by atoms with van der Waals surface area (Å²) < 4.78 is 7.49. The number of fused-ring (bicyclic) bond motifs is 4. The third-order valence-electron chi connectivity index (χ3n) is 8.25. The molecule has 0 fully saturated rings. The lowest BCUT2D eigenvalue weighted by molar-refractivity contribution is -0.136. The summed E-state index contributed by atoms with van der Waals surface area (Å²) in [7, 11) is 1.86. The lowest BCUT2D eigenvalue weighted by atomic mass is 10.0. The zero-order chi connectivity index (χ0) is 33.7. The molecule has 0 spiro atoms.